The largest absolute Gasteiger partial charge is 0.409 e. The lowest BCUT2D eigenvalue weighted by molar-refractivity contribution is 0.160. The summed E-state index contributed by atoms with van der Waals surface area (Å²) in [7, 11) is 0. The number of anilines is 1. The van der Waals surface area contributed by atoms with Crippen LogP contribution in [0.15, 0.2) is 17.5 Å². The summed E-state index contributed by atoms with van der Waals surface area (Å²) in [5.41, 5.74) is 6.37. The minimum absolute atomic E-state index is 0.234. The zero-order valence-electron chi connectivity index (χ0n) is 12.2. The van der Waals surface area contributed by atoms with Gasteiger partial charge in [0.15, 0.2) is 5.84 Å². The van der Waals surface area contributed by atoms with Crippen LogP contribution in [-0.4, -0.2) is 57.6 Å². The van der Waals surface area contributed by atoms with Gasteiger partial charge < -0.3 is 15.8 Å². The van der Waals surface area contributed by atoms with Crippen molar-refractivity contribution in [3.63, 3.8) is 0 Å². The smallest absolute Gasteiger partial charge is 0.225 e. The number of oxime groups is 1. The molecular weight excluding hydrogens is 256 g/mol. The van der Waals surface area contributed by atoms with Gasteiger partial charge in [0.05, 0.1) is 5.54 Å². The SMILES string of the molecule is Cc1cnc(N2CCN(C(C)(C)C(N)=NO)CC2)nc1. The summed E-state index contributed by atoms with van der Waals surface area (Å²) in [6, 6.07) is 0. The summed E-state index contributed by atoms with van der Waals surface area (Å²) in [6.45, 7) is 9.18. The first-order valence-electron chi connectivity index (χ1n) is 6.72. The molecule has 0 atom stereocenters. The normalized spacial score (nSPS) is 18.4. The van der Waals surface area contributed by atoms with Crippen LogP contribution >= 0.6 is 0 Å². The summed E-state index contributed by atoms with van der Waals surface area (Å²) in [6.07, 6.45) is 3.66. The van der Waals surface area contributed by atoms with E-state index in [1.807, 2.05) is 33.2 Å². The second-order valence-electron chi connectivity index (χ2n) is 5.58. The number of amidine groups is 1. The maximum atomic E-state index is 8.86. The van der Waals surface area contributed by atoms with Crippen molar-refractivity contribution in [2.45, 2.75) is 26.3 Å². The molecule has 0 radical (unpaired) electrons. The van der Waals surface area contributed by atoms with E-state index in [2.05, 4.69) is 24.9 Å². The summed E-state index contributed by atoms with van der Waals surface area (Å²) in [5.74, 6) is 0.995. The highest BCUT2D eigenvalue weighted by Gasteiger charge is 2.34. The Morgan fingerprint density at radius 3 is 2.30 bits per heavy atom. The van der Waals surface area contributed by atoms with Crippen LogP contribution in [0.2, 0.25) is 0 Å². The fraction of sp³-hybridized carbons (Fsp3) is 0.615. The highest BCUT2D eigenvalue weighted by molar-refractivity contribution is 5.88. The highest BCUT2D eigenvalue weighted by atomic mass is 16.4. The molecule has 1 fully saturated rings. The van der Waals surface area contributed by atoms with Crippen LogP contribution < -0.4 is 10.6 Å². The van der Waals surface area contributed by atoms with Crippen LogP contribution in [0.5, 0.6) is 0 Å². The average Bonchev–Trinajstić information content (AvgIpc) is 2.47. The lowest BCUT2D eigenvalue weighted by Gasteiger charge is -2.43. The van der Waals surface area contributed by atoms with E-state index in [4.69, 9.17) is 10.9 Å². The van der Waals surface area contributed by atoms with Gasteiger partial charge in [-0.05, 0) is 26.3 Å². The summed E-state index contributed by atoms with van der Waals surface area (Å²) < 4.78 is 0. The molecule has 0 aliphatic carbocycles. The van der Waals surface area contributed by atoms with Crippen LogP contribution in [-0.2, 0) is 0 Å². The molecule has 0 aromatic carbocycles. The molecule has 0 amide bonds. The topological polar surface area (TPSA) is 90.9 Å². The molecule has 7 nitrogen and oxygen atoms in total. The van der Waals surface area contributed by atoms with E-state index in [0.29, 0.717) is 0 Å². The monoisotopic (exact) mass is 278 g/mol. The third-order valence-electron chi connectivity index (χ3n) is 3.85. The molecule has 2 rings (SSSR count). The number of nitrogens with two attached hydrogens (primary N) is 1. The van der Waals surface area contributed by atoms with Gasteiger partial charge in [0, 0.05) is 38.6 Å². The molecule has 110 valence electrons. The van der Waals surface area contributed by atoms with Gasteiger partial charge >= 0.3 is 0 Å². The summed E-state index contributed by atoms with van der Waals surface area (Å²) in [4.78, 5) is 13.0. The molecule has 20 heavy (non-hydrogen) atoms. The second-order valence-corrected chi connectivity index (χ2v) is 5.58. The first-order chi connectivity index (χ1) is 9.45. The van der Waals surface area contributed by atoms with Crippen LogP contribution in [0.3, 0.4) is 0 Å². The summed E-state index contributed by atoms with van der Waals surface area (Å²) >= 11 is 0. The second kappa shape index (κ2) is 5.62. The molecule has 1 saturated heterocycles. The van der Waals surface area contributed by atoms with E-state index in [9.17, 15) is 0 Å². The Bertz CT molecular complexity index is 476. The zero-order chi connectivity index (χ0) is 14.8. The first kappa shape index (κ1) is 14.5. The van der Waals surface area contributed by atoms with Gasteiger partial charge in [-0.2, -0.15) is 0 Å². The van der Waals surface area contributed by atoms with E-state index in [0.717, 1.165) is 37.7 Å². The van der Waals surface area contributed by atoms with E-state index in [1.54, 1.807) is 0 Å². The minimum Gasteiger partial charge on any atom is -0.409 e. The van der Waals surface area contributed by atoms with Gasteiger partial charge in [-0.1, -0.05) is 5.16 Å². The maximum absolute atomic E-state index is 8.86. The Labute approximate surface area is 119 Å². The molecule has 1 aliphatic rings. The van der Waals surface area contributed by atoms with E-state index in [1.165, 1.54) is 0 Å². The quantitative estimate of drug-likeness (QED) is 0.361. The van der Waals surface area contributed by atoms with Gasteiger partial charge in [0.25, 0.3) is 0 Å². The molecule has 7 heteroatoms. The van der Waals surface area contributed by atoms with Gasteiger partial charge in [-0.3, -0.25) is 4.90 Å². The van der Waals surface area contributed by atoms with Gasteiger partial charge in [0.2, 0.25) is 5.95 Å². The summed E-state index contributed by atoms with van der Waals surface area (Å²) in [5, 5.41) is 12.0. The number of aromatic nitrogens is 2. The molecule has 0 unspecified atom stereocenters. The molecule has 2 heterocycles. The van der Waals surface area contributed by atoms with Gasteiger partial charge in [0.1, 0.15) is 0 Å². The fourth-order valence-electron chi connectivity index (χ4n) is 2.30. The van der Waals surface area contributed by atoms with Crippen LogP contribution in [0.4, 0.5) is 5.95 Å². The fourth-order valence-corrected chi connectivity index (χ4v) is 2.30. The number of rotatable bonds is 3. The number of hydrogen-bond donors (Lipinski definition) is 2. The first-order valence-corrected chi connectivity index (χ1v) is 6.72. The van der Waals surface area contributed by atoms with E-state index >= 15 is 0 Å². The van der Waals surface area contributed by atoms with Crippen molar-refractivity contribution in [1.82, 2.24) is 14.9 Å². The number of hydrogen-bond acceptors (Lipinski definition) is 6. The average molecular weight is 278 g/mol. The molecule has 3 N–H and O–H groups in total. The Kier molecular flexibility index (Phi) is 4.08. The van der Waals surface area contributed by atoms with Crippen LogP contribution in [0.1, 0.15) is 19.4 Å². The Balaban J connectivity index is 2.00. The van der Waals surface area contributed by atoms with Crippen molar-refractivity contribution >= 4 is 11.8 Å². The number of nitrogens with zero attached hydrogens (tertiary/aromatic N) is 5. The predicted molar refractivity (Wildman–Crippen MR) is 78.0 cm³/mol. The molecule has 1 aromatic rings. The van der Waals surface area contributed by atoms with Crippen molar-refractivity contribution in [2.75, 3.05) is 31.1 Å². The molecule has 1 aromatic heterocycles. The van der Waals surface area contributed by atoms with Gasteiger partial charge in [-0.25, -0.2) is 9.97 Å². The Morgan fingerprint density at radius 1 is 1.25 bits per heavy atom. The van der Waals surface area contributed by atoms with Crippen molar-refractivity contribution in [2.24, 2.45) is 10.9 Å². The third kappa shape index (κ3) is 2.82. The number of piperazine rings is 1. The lowest BCUT2D eigenvalue weighted by Crippen LogP contribution is -2.60. The molecule has 0 saturated carbocycles. The van der Waals surface area contributed by atoms with E-state index in [-0.39, 0.29) is 5.84 Å². The Morgan fingerprint density at radius 2 is 1.80 bits per heavy atom. The van der Waals surface area contributed by atoms with Crippen LogP contribution in [0, 0.1) is 6.92 Å². The van der Waals surface area contributed by atoms with Crippen LogP contribution in [0.25, 0.3) is 0 Å². The standard InChI is InChI=1S/C13H22N6O/c1-10-8-15-12(16-9-10)18-4-6-19(7-5-18)13(2,3)11(14)17-20/h8-9,20H,4-7H2,1-3H3,(H2,14,17). The highest BCUT2D eigenvalue weighted by Crippen LogP contribution is 2.19. The molecule has 0 spiro atoms. The Hall–Kier alpha value is -1.89. The zero-order valence-corrected chi connectivity index (χ0v) is 12.2. The third-order valence-corrected chi connectivity index (χ3v) is 3.85. The lowest BCUT2D eigenvalue weighted by atomic mass is 10.0. The number of aryl methyl sites for hydroxylation is 1. The van der Waals surface area contributed by atoms with Gasteiger partial charge in [-0.15, -0.1) is 0 Å². The predicted octanol–water partition coefficient (Wildman–Crippen LogP) is 0.432. The molecular formula is C13H22N6O. The molecule has 1 aliphatic heterocycles. The van der Waals surface area contributed by atoms with E-state index < -0.39 is 5.54 Å². The molecule has 0 bridgehead atoms. The maximum Gasteiger partial charge on any atom is 0.225 e. The minimum atomic E-state index is -0.449. The van der Waals surface area contributed by atoms with Crippen molar-refractivity contribution < 1.29 is 5.21 Å². The van der Waals surface area contributed by atoms with Crippen molar-refractivity contribution in [3.05, 3.63) is 18.0 Å². The van der Waals surface area contributed by atoms with Crippen molar-refractivity contribution in [3.8, 4) is 0 Å². The van der Waals surface area contributed by atoms with Crippen molar-refractivity contribution in [1.29, 1.82) is 0 Å².